The Balaban J connectivity index is 1.44. The van der Waals surface area contributed by atoms with Crippen LogP contribution in [0.2, 0.25) is 0 Å². The molecule has 1 saturated heterocycles. The molecule has 174 valence electrons. The molecule has 0 aliphatic carbocycles. The van der Waals surface area contributed by atoms with Crippen molar-refractivity contribution >= 4 is 51.6 Å². The van der Waals surface area contributed by atoms with Crippen LogP contribution in [0.15, 0.2) is 77.7 Å². The summed E-state index contributed by atoms with van der Waals surface area (Å²) in [6.45, 7) is 0.828. The van der Waals surface area contributed by atoms with Gasteiger partial charge in [-0.2, -0.15) is 0 Å². The average molecular weight is 587 g/mol. The number of thioether (sulfide) groups is 1. The molecule has 3 aromatic carbocycles. The van der Waals surface area contributed by atoms with Gasteiger partial charge in [0.1, 0.15) is 19.0 Å². The Kier molecular flexibility index (Phi) is 8.12. The zero-order chi connectivity index (χ0) is 23.9. The van der Waals surface area contributed by atoms with Crippen molar-refractivity contribution in [3.05, 3.63) is 92.4 Å². The number of hydrogen-bond donors (Lipinski definition) is 0. The quantitative estimate of drug-likeness (QED) is 0.226. The van der Waals surface area contributed by atoms with Gasteiger partial charge in [-0.15, -0.1) is 0 Å². The molecule has 1 fully saturated rings. The van der Waals surface area contributed by atoms with E-state index >= 15 is 0 Å². The van der Waals surface area contributed by atoms with E-state index in [4.69, 9.17) is 14.2 Å². The fourth-order valence-corrected chi connectivity index (χ4v) is 4.95. The van der Waals surface area contributed by atoms with E-state index in [2.05, 4.69) is 22.6 Å². The Labute approximate surface area is 216 Å². The molecule has 0 aromatic heterocycles. The molecular weight excluding hydrogens is 565 g/mol. The van der Waals surface area contributed by atoms with E-state index in [1.54, 1.807) is 19.3 Å². The Morgan fingerprint density at radius 1 is 0.971 bits per heavy atom. The number of nitrogens with zero attached hydrogens (tertiary/aromatic N) is 1. The van der Waals surface area contributed by atoms with Gasteiger partial charge in [0.2, 0.25) is 0 Å². The van der Waals surface area contributed by atoms with Crippen molar-refractivity contribution in [2.45, 2.75) is 6.61 Å². The standard InChI is InChI=1S/C26H22INO5S/c1-31-22-15-19(14-21(27)24(22)33-17-18-8-4-2-5-9-18)16-23-25(29)28(26(30)34-23)12-13-32-20-10-6-3-7-11-20/h2-11,14-16H,12-13,17H2,1H3/b23-16-. The number of carbonyl (C=O) groups is 2. The molecule has 1 heterocycles. The molecule has 0 N–H and O–H groups in total. The number of hydrogen-bond acceptors (Lipinski definition) is 6. The Morgan fingerprint density at radius 3 is 2.38 bits per heavy atom. The highest BCUT2D eigenvalue weighted by molar-refractivity contribution is 14.1. The smallest absolute Gasteiger partial charge is 0.293 e. The van der Waals surface area contributed by atoms with Crippen LogP contribution in [-0.4, -0.2) is 36.3 Å². The van der Waals surface area contributed by atoms with E-state index in [1.807, 2.05) is 66.7 Å². The summed E-state index contributed by atoms with van der Waals surface area (Å²) in [5.41, 5.74) is 1.80. The second-order valence-corrected chi connectivity index (χ2v) is 9.46. The highest BCUT2D eigenvalue weighted by Crippen LogP contribution is 2.37. The minimum absolute atomic E-state index is 0.185. The van der Waals surface area contributed by atoms with Crippen molar-refractivity contribution < 1.29 is 23.8 Å². The normalized spacial score (nSPS) is 14.5. The molecule has 4 rings (SSSR count). The largest absolute Gasteiger partial charge is 0.493 e. The number of methoxy groups -OCH3 is 1. The molecule has 0 radical (unpaired) electrons. The third-order valence-electron chi connectivity index (χ3n) is 4.98. The predicted molar refractivity (Wildman–Crippen MR) is 141 cm³/mol. The summed E-state index contributed by atoms with van der Waals surface area (Å²) in [7, 11) is 1.57. The highest BCUT2D eigenvalue weighted by atomic mass is 127. The van der Waals surface area contributed by atoms with E-state index in [1.165, 1.54) is 4.90 Å². The molecule has 1 aliphatic heterocycles. The van der Waals surface area contributed by atoms with Crippen molar-refractivity contribution in [2.24, 2.45) is 0 Å². The fourth-order valence-electron chi connectivity index (χ4n) is 3.31. The lowest BCUT2D eigenvalue weighted by molar-refractivity contribution is -0.123. The zero-order valence-corrected chi connectivity index (χ0v) is 21.4. The molecule has 2 amide bonds. The van der Waals surface area contributed by atoms with E-state index in [0.717, 1.165) is 26.5 Å². The molecule has 0 unspecified atom stereocenters. The lowest BCUT2D eigenvalue weighted by Crippen LogP contribution is -2.32. The number of imide groups is 1. The minimum atomic E-state index is -0.329. The third-order valence-corrected chi connectivity index (χ3v) is 6.68. The number of para-hydroxylation sites is 1. The maximum absolute atomic E-state index is 12.8. The fraction of sp³-hybridized carbons (Fsp3) is 0.154. The predicted octanol–water partition coefficient (Wildman–Crippen LogP) is 5.99. The van der Waals surface area contributed by atoms with Crippen molar-refractivity contribution in [1.82, 2.24) is 4.90 Å². The summed E-state index contributed by atoms with van der Waals surface area (Å²) >= 11 is 3.10. The van der Waals surface area contributed by atoms with Crippen molar-refractivity contribution in [1.29, 1.82) is 0 Å². The van der Waals surface area contributed by atoms with E-state index < -0.39 is 0 Å². The van der Waals surface area contributed by atoms with Gasteiger partial charge in [-0.05, 0) is 75.8 Å². The molecule has 8 heteroatoms. The van der Waals surface area contributed by atoms with Gasteiger partial charge in [-0.1, -0.05) is 48.5 Å². The van der Waals surface area contributed by atoms with Crippen LogP contribution >= 0.6 is 34.4 Å². The summed E-state index contributed by atoms with van der Waals surface area (Å²) in [6, 6.07) is 22.9. The molecule has 3 aromatic rings. The van der Waals surface area contributed by atoms with Gasteiger partial charge in [-0.3, -0.25) is 14.5 Å². The Morgan fingerprint density at radius 2 is 1.68 bits per heavy atom. The topological polar surface area (TPSA) is 65.1 Å². The lowest BCUT2D eigenvalue weighted by Gasteiger charge is -2.14. The average Bonchev–Trinajstić information content (AvgIpc) is 3.11. The van der Waals surface area contributed by atoms with Crippen LogP contribution in [0.5, 0.6) is 17.2 Å². The van der Waals surface area contributed by atoms with Crippen molar-refractivity contribution in [3.63, 3.8) is 0 Å². The van der Waals surface area contributed by atoms with E-state index in [0.29, 0.717) is 28.8 Å². The maximum atomic E-state index is 12.8. The first-order valence-electron chi connectivity index (χ1n) is 10.5. The van der Waals surface area contributed by atoms with Crippen LogP contribution in [0.3, 0.4) is 0 Å². The number of halogens is 1. The van der Waals surface area contributed by atoms with Gasteiger partial charge in [0, 0.05) is 0 Å². The van der Waals surface area contributed by atoms with E-state index in [-0.39, 0.29) is 24.3 Å². The highest BCUT2D eigenvalue weighted by Gasteiger charge is 2.34. The first-order chi connectivity index (χ1) is 16.5. The second kappa shape index (κ2) is 11.4. The summed E-state index contributed by atoms with van der Waals surface area (Å²) < 4.78 is 18.0. The van der Waals surface area contributed by atoms with Gasteiger partial charge in [0.05, 0.1) is 22.1 Å². The summed E-state index contributed by atoms with van der Waals surface area (Å²) in [5, 5.41) is -0.308. The SMILES string of the molecule is COc1cc(/C=C2\SC(=O)N(CCOc3ccccc3)C2=O)cc(I)c1OCc1ccccc1. The first kappa shape index (κ1) is 24.2. The van der Waals surface area contributed by atoms with Gasteiger partial charge in [0.25, 0.3) is 11.1 Å². The maximum Gasteiger partial charge on any atom is 0.293 e. The third kappa shape index (κ3) is 5.92. The van der Waals surface area contributed by atoms with Crippen LogP contribution < -0.4 is 14.2 Å². The van der Waals surface area contributed by atoms with Gasteiger partial charge in [-0.25, -0.2) is 0 Å². The Bertz CT molecular complexity index is 1200. The number of ether oxygens (including phenoxy) is 3. The van der Waals surface area contributed by atoms with Crippen LogP contribution in [0.1, 0.15) is 11.1 Å². The lowest BCUT2D eigenvalue weighted by atomic mass is 10.1. The molecule has 0 saturated carbocycles. The van der Waals surface area contributed by atoms with Crippen LogP contribution in [0.4, 0.5) is 4.79 Å². The van der Waals surface area contributed by atoms with E-state index in [9.17, 15) is 9.59 Å². The van der Waals surface area contributed by atoms with Gasteiger partial charge in [0.15, 0.2) is 11.5 Å². The Hall–Kier alpha value is -2.98. The minimum Gasteiger partial charge on any atom is -0.493 e. The first-order valence-corrected chi connectivity index (χ1v) is 12.4. The number of amides is 2. The number of carbonyl (C=O) groups excluding carboxylic acids is 2. The molecule has 34 heavy (non-hydrogen) atoms. The van der Waals surface area contributed by atoms with Gasteiger partial charge >= 0.3 is 0 Å². The molecule has 6 nitrogen and oxygen atoms in total. The molecule has 1 aliphatic rings. The van der Waals surface area contributed by atoms with Crippen LogP contribution in [0.25, 0.3) is 6.08 Å². The van der Waals surface area contributed by atoms with Crippen molar-refractivity contribution in [3.8, 4) is 17.2 Å². The monoisotopic (exact) mass is 587 g/mol. The summed E-state index contributed by atoms with van der Waals surface area (Å²) in [6.07, 6.45) is 1.70. The second-order valence-electron chi connectivity index (χ2n) is 7.30. The summed E-state index contributed by atoms with van der Waals surface area (Å²) in [5.74, 6) is 1.56. The van der Waals surface area contributed by atoms with Crippen LogP contribution in [-0.2, 0) is 11.4 Å². The molecule has 0 spiro atoms. The zero-order valence-electron chi connectivity index (χ0n) is 18.4. The molecular formula is C26H22INO5S. The van der Waals surface area contributed by atoms with Gasteiger partial charge < -0.3 is 14.2 Å². The van der Waals surface area contributed by atoms with Crippen LogP contribution in [0, 0.1) is 3.57 Å². The number of rotatable bonds is 9. The number of benzene rings is 3. The summed E-state index contributed by atoms with van der Waals surface area (Å²) in [4.78, 5) is 26.8. The molecule has 0 atom stereocenters. The molecule has 0 bridgehead atoms. The van der Waals surface area contributed by atoms with Crippen molar-refractivity contribution in [2.75, 3.05) is 20.3 Å².